The number of sulfonamides is 1. The van der Waals surface area contributed by atoms with Gasteiger partial charge in [0.25, 0.3) is 10.0 Å². The third kappa shape index (κ3) is 3.37. The van der Waals surface area contributed by atoms with Crippen molar-refractivity contribution < 1.29 is 13.2 Å². The maximum Gasteiger partial charge on any atom is 0.261 e. The van der Waals surface area contributed by atoms with Gasteiger partial charge in [-0.25, -0.2) is 8.42 Å². The highest BCUT2D eigenvalue weighted by atomic mass is 32.2. The topological polar surface area (TPSA) is 84.1 Å². The molecule has 136 valence electrons. The number of ether oxygens (including phenoxy) is 1. The molecule has 7 heteroatoms. The molecule has 0 radical (unpaired) electrons. The van der Waals surface area contributed by atoms with Crippen molar-refractivity contribution in [3.8, 4) is 17.0 Å². The zero-order valence-corrected chi connectivity index (χ0v) is 15.3. The number of nitrogens with zero attached hydrogens (tertiary/aromatic N) is 1. The first kappa shape index (κ1) is 17.1. The van der Waals surface area contributed by atoms with Crippen LogP contribution in [-0.2, 0) is 10.0 Å². The number of anilines is 1. The number of hydrogen-bond acceptors (Lipinski definition) is 4. The first-order chi connectivity index (χ1) is 13.1. The van der Waals surface area contributed by atoms with Gasteiger partial charge < -0.3 is 4.74 Å². The summed E-state index contributed by atoms with van der Waals surface area (Å²) in [5.41, 5.74) is 2.95. The van der Waals surface area contributed by atoms with Crippen molar-refractivity contribution in [1.29, 1.82) is 0 Å². The fourth-order valence-electron chi connectivity index (χ4n) is 2.86. The van der Waals surface area contributed by atoms with Crippen molar-refractivity contribution in [2.45, 2.75) is 4.90 Å². The van der Waals surface area contributed by atoms with E-state index in [-0.39, 0.29) is 4.90 Å². The maximum absolute atomic E-state index is 12.6. The average Bonchev–Trinajstić information content (AvgIpc) is 3.12. The van der Waals surface area contributed by atoms with Gasteiger partial charge in [-0.3, -0.25) is 9.82 Å². The molecule has 4 aromatic rings. The third-order valence-electron chi connectivity index (χ3n) is 4.23. The summed E-state index contributed by atoms with van der Waals surface area (Å²) in [6.45, 7) is 0. The molecule has 0 aliphatic carbocycles. The van der Waals surface area contributed by atoms with Crippen molar-refractivity contribution in [2.24, 2.45) is 0 Å². The maximum atomic E-state index is 12.6. The molecule has 0 bridgehead atoms. The van der Waals surface area contributed by atoms with Crippen LogP contribution in [0.3, 0.4) is 0 Å². The van der Waals surface area contributed by atoms with Crippen molar-refractivity contribution in [2.75, 3.05) is 11.8 Å². The lowest BCUT2D eigenvalue weighted by molar-refractivity contribution is 0.415. The van der Waals surface area contributed by atoms with E-state index in [0.29, 0.717) is 5.69 Å². The molecule has 0 fully saturated rings. The number of aromatic nitrogens is 2. The van der Waals surface area contributed by atoms with Gasteiger partial charge in [0.05, 0.1) is 23.2 Å². The minimum atomic E-state index is -3.65. The molecule has 1 aromatic heterocycles. The molecule has 0 amide bonds. The van der Waals surface area contributed by atoms with E-state index < -0.39 is 10.0 Å². The Bertz CT molecular complexity index is 1180. The minimum absolute atomic E-state index is 0.215. The highest BCUT2D eigenvalue weighted by Crippen LogP contribution is 2.30. The van der Waals surface area contributed by atoms with Gasteiger partial charge in [0.1, 0.15) is 5.75 Å². The zero-order valence-electron chi connectivity index (χ0n) is 14.5. The van der Waals surface area contributed by atoms with E-state index in [1.54, 1.807) is 55.6 Å². The van der Waals surface area contributed by atoms with E-state index in [0.717, 1.165) is 27.9 Å². The van der Waals surface area contributed by atoms with Gasteiger partial charge in [-0.15, -0.1) is 0 Å². The largest absolute Gasteiger partial charge is 0.497 e. The smallest absolute Gasteiger partial charge is 0.261 e. The Kier molecular flexibility index (Phi) is 4.29. The van der Waals surface area contributed by atoms with Gasteiger partial charge >= 0.3 is 0 Å². The molecule has 0 spiro atoms. The van der Waals surface area contributed by atoms with E-state index >= 15 is 0 Å². The Morgan fingerprint density at radius 1 is 0.963 bits per heavy atom. The van der Waals surface area contributed by atoms with Crippen LogP contribution in [0.15, 0.2) is 77.7 Å². The van der Waals surface area contributed by atoms with Gasteiger partial charge in [-0.05, 0) is 54.6 Å². The average molecular weight is 379 g/mol. The van der Waals surface area contributed by atoms with Gasteiger partial charge in [0.15, 0.2) is 0 Å². The zero-order chi connectivity index (χ0) is 18.9. The number of nitrogens with one attached hydrogen (secondary N) is 2. The molecular formula is C20H17N3O3S. The number of benzene rings is 3. The van der Waals surface area contributed by atoms with Crippen molar-refractivity contribution in [1.82, 2.24) is 10.2 Å². The van der Waals surface area contributed by atoms with E-state index in [9.17, 15) is 8.42 Å². The lowest BCUT2D eigenvalue weighted by atomic mass is 10.1. The van der Waals surface area contributed by atoms with Crippen LogP contribution in [-0.4, -0.2) is 25.7 Å². The van der Waals surface area contributed by atoms with E-state index in [1.165, 1.54) is 0 Å². The molecule has 0 saturated heterocycles. The van der Waals surface area contributed by atoms with Crippen LogP contribution < -0.4 is 9.46 Å². The second-order valence-corrected chi connectivity index (χ2v) is 7.66. The summed E-state index contributed by atoms with van der Waals surface area (Å²) in [5.74, 6) is 0.759. The van der Waals surface area contributed by atoms with Crippen LogP contribution in [0.2, 0.25) is 0 Å². The Labute approximate surface area is 156 Å². The molecule has 1 heterocycles. The molecule has 0 unspecified atom stereocenters. The number of fused-ring (bicyclic) bond motifs is 1. The highest BCUT2D eigenvalue weighted by Gasteiger charge is 2.15. The molecule has 0 aliphatic heterocycles. The first-order valence-electron chi connectivity index (χ1n) is 8.27. The summed E-state index contributed by atoms with van der Waals surface area (Å²) in [6, 6.07) is 21.1. The molecule has 6 nitrogen and oxygen atoms in total. The Morgan fingerprint density at radius 2 is 1.70 bits per heavy atom. The summed E-state index contributed by atoms with van der Waals surface area (Å²) in [6.07, 6.45) is 0. The molecule has 4 rings (SSSR count). The molecule has 0 aliphatic rings. The van der Waals surface area contributed by atoms with Crippen molar-refractivity contribution in [3.63, 3.8) is 0 Å². The van der Waals surface area contributed by atoms with E-state index in [1.807, 2.05) is 24.3 Å². The summed E-state index contributed by atoms with van der Waals surface area (Å²) >= 11 is 0. The van der Waals surface area contributed by atoms with E-state index in [4.69, 9.17) is 4.74 Å². The summed E-state index contributed by atoms with van der Waals surface area (Å²) in [5, 5.41) is 8.18. The number of H-pyrrole nitrogens is 1. The summed E-state index contributed by atoms with van der Waals surface area (Å²) in [4.78, 5) is 0.215. The van der Waals surface area contributed by atoms with Gasteiger partial charge in [0.2, 0.25) is 0 Å². The van der Waals surface area contributed by atoms with Crippen LogP contribution >= 0.6 is 0 Å². The van der Waals surface area contributed by atoms with Crippen LogP contribution in [0, 0.1) is 0 Å². The lowest BCUT2D eigenvalue weighted by Gasteiger charge is -2.08. The summed E-state index contributed by atoms with van der Waals surface area (Å²) in [7, 11) is -2.03. The lowest BCUT2D eigenvalue weighted by Crippen LogP contribution is -2.12. The first-order valence-corrected chi connectivity index (χ1v) is 9.75. The normalized spacial score (nSPS) is 11.4. The minimum Gasteiger partial charge on any atom is -0.497 e. The van der Waals surface area contributed by atoms with Crippen LogP contribution in [0.25, 0.3) is 22.2 Å². The van der Waals surface area contributed by atoms with Crippen LogP contribution in [0.1, 0.15) is 0 Å². The highest BCUT2D eigenvalue weighted by molar-refractivity contribution is 7.92. The summed E-state index contributed by atoms with van der Waals surface area (Å²) < 4.78 is 32.9. The molecule has 3 aromatic carbocycles. The SMILES string of the molecule is COc1ccc(-c2n[nH]c3ccc(NS(=O)(=O)c4ccccc4)cc23)cc1. The van der Waals surface area contributed by atoms with Crippen LogP contribution in [0.4, 0.5) is 5.69 Å². The van der Waals surface area contributed by atoms with Gasteiger partial charge in [0, 0.05) is 16.6 Å². The quantitative estimate of drug-likeness (QED) is 0.548. The molecule has 0 saturated carbocycles. The fourth-order valence-corrected chi connectivity index (χ4v) is 3.93. The molecule has 2 N–H and O–H groups in total. The second kappa shape index (κ2) is 6.77. The standard InChI is InChI=1S/C20H17N3O3S/c1-26-16-10-7-14(8-11-16)20-18-13-15(9-12-19(18)21-22-20)23-27(24,25)17-5-3-2-4-6-17/h2-13,23H,1H3,(H,21,22). The second-order valence-electron chi connectivity index (χ2n) is 5.98. The molecular weight excluding hydrogens is 362 g/mol. The third-order valence-corrected chi connectivity index (χ3v) is 5.63. The number of methoxy groups -OCH3 is 1. The number of hydrogen-bond donors (Lipinski definition) is 2. The van der Waals surface area contributed by atoms with Crippen molar-refractivity contribution >= 4 is 26.6 Å². The molecule has 0 atom stereocenters. The predicted octanol–water partition coefficient (Wildman–Crippen LogP) is 4.04. The fraction of sp³-hybridized carbons (Fsp3) is 0.0500. The van der Waals surface area contributed by atoms with Crippen molar-refractivity contribution in [3.05, 3.63) is 72.8 Å². The molecule has 27 heavy (non-hydrogen) atoms. The van der Waals surface area contributed by atoms with E-state index in [2.05, 4.69) is 14.9 Å². The monoisotopic (exact) mass is 379 g/mol. The van der Waals surface area contributed by atoms with Gasteiger partial charge in [-0.1, -0.05) is 18.2 Å². The Hall–Kier alpha value is -3.32. The predicted molar refractivity (Wildman–Crippen MR) is 105 cm³/mol. The number of rotatable bonds is 5. The van der Waals surface area contributed by atoms with Crippen LogP contribution in [0.5, 0.6) is 5.75 Å². The Morgan fingerprint density at radius 3 is 2.41 bits per heavy atom. The number of aromatic amines is 1. The van der Waals surface area contributed by atoms with Gasteiger partial charge in [-0.2, -0.15) is 5.10 Å². The Balaban J connectivity index is 1.71.